The van der Waals surface area contributed by atoms with Gasteiger partial charge in [0, 0.05) is 0 Å². The van der Waals surface area contributed by atoms with Crippen molar-refractivity contribution in [2.75, 3.05) is 0 Å². The van der Waals surface area contributed by atoms with Crippen LogP contribution < -0.4 is 0 Å². The van der Waals surface area contributed by atoms with E-state index in [2.05, 4.69) is 6.58 Å². The van der Waals surface area contributed by atoms with Crippen LogP contribution in [-0.4, -0.2) is 23.1 Å². The van der Waals surface area contributed by atoms with Gasteiger partial charge in [-0.05, 0) is 56.8 Å². The summed E-state index contributed by atoms with van der Waals surface area (Å²) in [6, 6.07) is 0. The van der Waals surface area contributed by atoms with Crippen molar-refractivity contribution in [3.05, 3.63) is 12.7 Å². The van der Waals surface area contributed by atoms with Crippen molar-refractivity contribution < 1.29 is 19.4 Å². The molecule has 124 valence electrons. The first-order chi connectivity index (χ1) is 10.6. The van der Waals surface area contributed by atoms with E-state index >= 15 is 0 Å². The van der Waals surface area contributed by atoms with E-state index in [9.17, 15) is 14.7 Å². The number of allylic oxidation sites excluding steroid dienone is 1. The van der Waals surface area contributed by atoms with Gasteiger partial charge in [-0.25, -0.2) is 0 Å². The van der Waals surface area contributed by atoms with Crippen LogP contribution in [-0.2, 0) is 14.3 Å². The Morgan fingerprint density at radius 3 is 2.55 bits per heavy atom. The molecule has 0 radical (unpaired) electrons. The van der Waals surface area contributed by atoms with Crippen LogP contribution in [0.3, 0.4) is 0 Å². The molecule has 0 saturated heterocycles. The molecule has 0 spiro atoms. The molecule has 3 atom stereocenters. The first-order valence-electron chi connectivity index (χ1n) is 8.65. The second-order valence-corrected chi connectivity index (χ2v) is 6.78. The second kappa shape index (κ2) is 8.35. The van der Waals surface area contributed by atoms with E-state index in [1.807, 2.05) is 6.08 Å². The van der Waals surface area contributed by atoms with Crippen molar-refractivity contribution >= 4 is 11.9 Å². The van der Waals surface area contributed by atoms with Crippen LogP contribution in [0.1, 0.15) is 64.2 Å². The highest BCUT2D eigenvalue weighted by molar-refractivity contribution is 5.79. The van der Waals surface area contributed by atoms with Gasteiger partial charge < -0.3 is 9.84 Å². The Morgan fingerprint density at radius 2 is 1.91 bits per heavy atom. The quantitative estimate of drug-likeness (QED) is 0.545. The van der Waals surface area contributed by atoms with Gasteiger partial charge in [-0.3, -0.25) is 9.59 Å². The molecule has 0 aromatic rings. The van der Waals surface area contributed by atoms with Crippen LogP contribution in [0.25, 0.3) is 0 Å². The Labute approximate surface area is 132 Å². The largest absolute Gasteiger partial charge is 0.481 e. The van der Waals surface area contributed by atoms with Crippen molar-refractivity contribution in [3.8, 4) is 0 Å². The summed E-state index contributed by atoms with van der Waals surface area (Å²) < 4.78 is 5.62. The number of carboxylic acids is 1. The molecule has 0 aromatic heterocycles. The fourth-order valence-corrected chi connectivity index (χ4v) is 4.03. The number of carboxylic acid groups (broad SMARTS) is 1. The Balaban J connectivity index is 1.84. The summed E-state index contributed by atoms with van der Waals surface area (Å²) in [5, 5.41) is 9.39. The molecule has 2 fully saturated rings. The van der Waals surface area contributed by atoms with Gasteiger partial charge in [0.15, 0.2) is 0 Å². The van der Waals surface area contributed by atoms with E-state index in [1.54, 1.807) is 0 Å². The van der Waals surface area contributed by atoms with E-state index in [0.717, 1.165) is 57.8 Å². The number of rotatable bonds is 8. The summed E-state index contributed by atoms with van der Waals surface area (Å²) in [5.41, 5.74) is 0. The first-order valence-corrected chi connectivity index (χ1v) is 8.65. The molecule has 4 heteroatoms. The smallest absolute Gasteiger partial charge is 0.307 e. The molecule has 0 aliphatic heterocycles. The minimum Gasteiger partial charge on any atom is -0.481 e. The van der Waals surface area contributed by atoms with Gasteiger partial charge in [-0.1, -0.05) is 18.9 Å². The third-order valence-electron chi connectivity index (χ3n) is 5.29. The lowest BCUT2D eigenvalue weighted by atomic mass is 9.88. The second-order valence-electron chi connectivity index (χ2n) is 6.78. The van der Waals surface area contributed by atoms with Crippen LogP contribution in [0.2, 0.25) is 0 Å². The molecule has 0 unspecified atom stereocenters. The first kappa shape index (κ1) is 17.0. The average Bonchev–Trinajstić information content (AvgIpc) is 3.14. The van der Waals surface area contributed by atoms with Gasteiger partial charge in [0.2, 0.25) is 0 Å². The van der Waals surface area contributed by atoms with Crippen molar-refractivity contribution in [2.24, 2.45) is 17.8 Å². The van der Waals surface area contributed by atoms with Crippen molar-refractivity contribution in [1.29, 1.82) is 0 Å². The van der Waals surface area contributed by atoms with Crippen molar-refractivity contribution in [1.82, 2.24) is 0 Å². The number of hydrogen-bond donors (Lipinski definition) is 1. The SMILES string of the molecule is C=CCC[C@@H]1CCC[C@H]1OC(=O)C[C@H](C(=O)O)C1CCCC1. The fraction of sp³-hybridized carbons (Fsp3) is 0.778. The van der Waals surface area contributed by atoms with E-state index in [0.29, 0.717) is 5.92 Å². The normalized spacial score (nSPS) is 26.7. The highest BCUT2D eigenvalue weighted by atomic mass is 16.5. The molecule has 0 bridgehead atoms. The third-order valence-corrected chi connectivity index (χ3v) is 5.29. The van der Waals surface area contributed by atoms with E-state index in [4.69, 9.17) is 4.74 Å². The van der Waals surface area contributed by atoms with Gasteiger partial charge in [-0.2, -0.15) is 0 Å². The topological polar surface area (TPSA) is 63.6 Å². The lowest BCUT2D eigenvalue weighted by molar-refractivity contribution is -0.158. The highest BCUT2D eigenvalue weighted by Crippen LogP contribution is 2.35. The number of esters is 1. The van der Waals surface area contributed by atoms with E-state index in [-0.39, 0.29) is 24.4 Å². The minimum absolute atomic E-state index is 0.0227. The maximum absolute atomic E-state index is 12.2. The predicted molar refractivity (Wildman–Crippen MR) is 84.4 cm³/mol. The highest BCUT2D eigenvalue weighted by Gasteiger charge is 2.35. The van der Waals surface area contributed by atoms with Gasteiger partial charge in [0.1, 0.15) is 6.10 Å². The average molecular weight is 308 g/mol. The summed E-state index contributed by atoms with van der Waals surface area (Å²) in [6.07, 6.45) is 11.0. The number of hydrogen-bond acceptors (Lipinski definition) is 3. The minimum atomic E-state index is -0.849. The molecule has 2 aliphatic carbocycles. The Morgan fingerprint density at radius 1 is 1.18 bits per heavy atom. The predicted octanol–water partition coefficient (Wildman–Crippen LogP) is 3.95. The number of carbonyl (C=O) groups excluding carboxylic acids is 1. The zero-order valence-corrected chi connectivity index (χ0v) is 13.3. The molecular formula is C18H28O4. The van der Waals surface area contributed by atoms with E-state index < -0.39 is 11.9 Å². The molecule has 0 aromatic carbocycles. The van der Waals surface area contributed by atoms with E-state index in [1.165, 1.54) is 0 Å². The molecule has 0 amide bonds. The molecule has 2 rings (SSSR count). The van der Waals surface area contributed by atoms with Crippen molar-refractivity contribution in [2.45, 2.75) is 70.3 Å². The summed E-state index contributed by atoms with van der Waals surface area (Å²) in [6.45, 7) is 3.74. The maximum atomic E-state index is 12.2. The summed E-state index contributed by atoms with van der Waals surface area (Å²) in [5.74, 6) is -1.18. The lowest BCUT2D eigenvalue weighted by Crippen LogP contribution is -2.29. The molecule has 2 saturated carbocycles. The number of carbonyl (C=O) groups is 2. The van der Waals surface area contributed by atoms with Gasteiger partial charge in [0.25, 0.3) is 0 Å². The van der Waals surface area contributed by atoms with Gasteiger partial charge in [-0.15, -0.1) is 6.58 Å². The summed E-state index contributed by atoms with van der Waals surface area (Å²) >= 11 is 0. The van der Waals surface area contributed by atoms with Crippen molar-refractivity contribution in [3.63, 3.8) is 0 Å². The third kappa shape index (κ3) is 4.59. The maximum Gasteiger partial charge on any atom is 0.307 e. The molecule has 0 heterocycles. The monoisotopic (exact) mass is 308 g/mol. The number of ether oxygens (including phenoxy) is 1. The zero-order valence-electron chi connectivity index (χ0n) is 13.3. The Kier molecular flexibility index (Phi) is 6.47. The molecular weight excluding hydrogens is 280 g/mol. The zero-order chi connectivity index (χ0) is 15.9. The standard InChI is InChI=1S/C18H28O4/c1-2-3-7-14-10-6-11-16(14)22-17(19)12-15(18(20)21)13-8-4-5-9-13/h2,13-16H,1,3-12H2,(H,20,21)/t14-,15+,16-/m1/s1. The lowest BCUT2D eigenvalue weighted by Gasteiger charge is -2.22. The van der Waals surface area contributed by atoms with Crippen LogP contribution in [0.5, 0.6) is 0 Å². The van der Waals surface area contributed by atoms with Crippen LogP contribution in [0.4, 0.5) is 0 Å². The van der Waals surface area contributed by atoms with Gasteiger partial charge in [0.05, 0.1) is 12.3 Å². The van der Waals surface area contributed by atoms with Crippen LogP contribution >= 0.6 is 0 Å². The van der Waals surface area contributed by atoms with Crippen LogP contribution in [0, 0.1) is 17.8 Å². The molecule has 4 nitrogen and oxygen atoms in total. The van der Waals surface area contributed by atoms with Gasteiger partial charge >= 0.3 is 11.9 Å². The molecule has 2 aliphatic rings. The molecule has 22 heavy (non-hydrogen) atoms. The summed E-state index contributed by atoms with van der Waals surface area (Å²) in [7, 11) is 0. The number of aliphatic carboxylic acids is 1. The summed E-state index contributed by atoms with van der Waals surface area (Å²) in [4.78, 5) is 23.6. The Hall–Kier alpha value is -1.32. The fourth-order valence-electron chi connectivity index (χ4n) is 4.03. The van der Waals surface area contributed by atoms with Crippen LogP contribution in [0.15, 0.2) is 12.7 Å². The Bertz CT molecular complexity index is 398. The molecule has 1 N–H and O–H groups in total.